The van der Waals surface area contributed by atoms with Gasteiger partial charge in [0.05, 0.1) is 12.2 Å². The molecule has 1 aliphatic heterocycles. The average Bonchev–Trinajstić information content (AvgIpc) is 2.79. The molecule has 0 aromatic heterocycles. The van der Waals surface area contributed by atoms with Gasteiger partial charge < -0.3 is 15.2 Å². The van der Waals surface area contributed by atoms with E-state index in [0.29, 0.717) is 24.5 Å². The van der Waals surface area contributed by atoms with Crippen LogP contribution in [0.2, 0.25) is 0 Å². The van der Waals surface area contributed by atoms with Crippen molar-refractivity contribution in [2.24, 2.45) is 5.73 Å². The van der Waals surface area contributed by atoms with Crippen LogP contribution >= 0.6 is 0 Å². The maximum absolute atomic E-state index is 13.6. The van der Waals surface area contributed by atoms with Gasteiger partial charge in [0, 0.05) is 6.54 Å². The highest BCUT2D eigenvalue weighted by atomic mass is 19.1. The Kier molecular flexibility index (Phi) is 3.97. The van der Waals surface area contributed by atoms with E-state index in [-0.39, 0.29) is 18.0 Å². The molecule has 1 aromatic carbocycles. The number of nitrogens with two attached hydrogens (primary N) is 1. The monoisotopic (exact) mass is 239 g/mol. The Morgan fingerprint density at radius 3 is 2.88 bits per heavy atom. The van der Waals surface area contributed by atoms with E-state index in [0.717, 1.165) is 12.8 Å². The molecule has 1 saturated heterocycles. The third-order valence-corrected chi connectivity index (χ3v) is 3.04. The summed E-state index contributed by atoms with van der Waals surface area (Å²) in [5.41, 5.74) is 6.11. The largest absolute Gasteiger partial charge is 0.488 e. The van der Waals surface area contributed by atoms with Crippen molar-refractivity contribution in [2.75, 3.05) is 13.2 Å². The van der Waals surface area contributed by atoms with Crippen LogP contribution in [0.1, 0.15) is 18.4 Å². The fourth-order valence-electron chi connectivity index (χ4n) is 1.99. The molecule has 2 atom stereocenters. The highest BCUT2D eigenvalue weighted by molar-refractivity contribution is 5.30. The maximum atomic E-state index is 13.6. The summed E-state index contributed by atoms with van der Waals surface area (Å²) in [5.74, 6) is 0.00525. The Bertz CT molecular complexity index is 384. The lowest BCUT2D eigenvalue weighted by Gasteiger charge is -2.14. The normalized spacial score (nSPS) is 23.9. The summed E-state index contributed by atoms with van der Waals surface area (Å²) in [6.45, 7) is 2.64. The number of hydrogen-bond acceptors (Lipinski definition) is 3. The van der Waals surface area contributed by atoms with Crippen LogP contribution in [0.4, 0.5) is 4.39 Å². The molecule has 0 radical (unpaired) electrons. The Morgan fingerprint density at radius 1 is 1.41 bits per heavy atom. The van der Waals surface area contributed by atoms with Crippen LogP contribution in [0, 0.1) is 12.7 Å². The molecule has 0 bridgehead atoms. The van der Waals surface area contributed by atoms with E-state index in [9.17, 15) is 4.39 Å². The zero-order valence-corrected chi connectivity index (χ0v) is 9.99. The third-order valence-electron chi connectivity index (χ3n) is 3.04. The van der Waals surface area contributed by atoms with E-state index in [2.05, 4.69) is 0 Å². The minimum atomic E-state index is -0.291. The molecule has 4 heteroatoms. The van der Waals surface area contributed by atoms with Gasteiger partial charge in [-0.05, 0) is 31.4 Å². The summed E-state index contributed by atoms with van der Waals surface area (Å²) < 4.78 is 24.7. The van der Waals surface area contributed by atoms with Crippen molar-refractivity contribution in [3.8, 4) is 5.75 Å². The standard InChI is InChI=1S/C13H18FNO2/c1-9-3-2-4-12(13(9)14)16-8-11-6-5-10(7-15)17-11/h2-4,10-11H,5-8,15H2,1H3. The lowest BCUT2D eigenvalue weighted by atomic mass is 10.2. The summed E-state index contributed by atoms with van der Waals surface area (Å²) in [6.07, 6.45) is 2.05. The van der Waals surface area contributed by atoms with Crippen molar-refractivity contribution < 1.29 is 13.9 Å². The molecule has 2 unspecified atom stereocenters. The van der Waals surface area contributed by atoms with Crippen LogP contribution in [0.3, 0.4) is 0 Å². The number of rotatable bonds is 4. The molecule has 1 aliphatic rings. The van der Waals surface area contributed by atoms with Gasteiger partial charge in [-0.1, -0.05) is 12.1 Å². The first-order valence-corrected chi connectivity index (χ1v) is 5.94. The number of aryl methyl sites for hydroxylation is 1. The lowest BCUT2D eigenvalue weighted by molar-refractivity contribution is 0.0214. The zero-order chi connectivity index (χ0) is 12.3. The smallest absolute Gasteiger partial charge is 0.167 e. The van der Waals surface area contributed by atoms with Crippen molar-refractivity contribution >= 4 is 0 Å². The third kappa shape index (κ3) is 2.96. The van der Waals surface area contributed by atoms with Crippen LogP contribution < -0.4 is 10.5 Å². The van der Waals surface area contributed by atoms with E-state index in [1.807, 2.05) is 0 Å². The first-order valence-electron chi connectivity index (χ1n) is 5.94. The highest BCUT2D eigenvalue weighted by Crippen LogP contribution is 2.23. The average molecular weight is 239 g/mol. The van der Waals surface area contributed by atoms with E-state index in [1.165, 1.54) is 0 Å². The van der Waals surface area contributed by atoms with Crippen LogP contribution in [0.25, 0.3) is 0 Å². The molecule has 1 heterocycles. The predicted molar refractivity (Wildman–Crippen MR) is 63.6 cm³/mol. The van der Waals surface area contributed by atoms with Gasteiger partial charge in [0.15, 0.2) is 11.6 Å². The van der Waals surface area contributed by atoms with Gasteiger partial charge in [-0.15, -0.1) is 0 Å². The van der Waals surface area contributed by atoms with Crippen LogP contribution in [0.5, 0.6) is 5.75 Å². The second-order valence-electron chi connectivity index (χ2n) is 4.39. The molecule has 1 aromatic rings. The summed E-state index contributed by atoms with van der Waals surface area (Å²) in [6, 6.07) is 5.14. The van der Waals surface area contributed by atoms with E-state index in [1.54, 1.807) is 25.1 Å². The van der Waals surface area contributed by atoms with Gasteiger partial charge in [-0.2, -0.15) is 0 Å². The second-order valence-corrected chi connectivity index (χ2v) is 4.39. The molecule has 2 rings (SSSR count). The van der Waals surface area contributed by atoms with Gasteiger partial charge in [0.1, 0.15) is 6.61 Å². The minimum Gasteiger partial charge on any atom is -0.488 e. The van der Waals surface area contributed by atoms with Crippen molar-refractivity contribution in [1.29, 1.82) is 0 Å². The second kappa shape index (κ2) is 5.47. The van der Waals surface area contributed by atoms with Gasteiger partial charge in [0.25, 0.3) is 0 Å². The van der Waals surface area contributed by atoms with Gasteiger partial charge in [-0.3, -0.25) is 0 Å². The topological polar surface area (TPSA) is 44.5 Å². The summed E-state index contributed by atoms with van der Waals surface area (Å²) in [4.78, 5) is 0. The van der Waals surface area contributed by atoms with Gasteiger partial charge in [0.2, 0.25) is 0 Å². The molecular formula is C13H18FNO2. The number of ether oxygens (including phenoxy) is 2. The molecule has 2 N–H and O–H groups in total. The van der Waals surface area contributed by atoms with Gasteiger partial charge in [-0.25, -0.2) is 4.39 Å². The molecule has 94 valence electrons. The molecule has 0 aliphatic carbocycles. The lowest BCUT2D eigenvalue weighted by Crippen LogP contribution is -2.23. The molecule has 0 saturated carbocycles. The fraction of sp³-hybridized carbons (Fsp3) is 0.538. The Labute approximate surface area is 101 Å². The fourth-order valence-corrected chi connectivity index (χ4v) is 1.99. The molecule has 3 nitrogen and oxygen atoms in total. The van der Waals surface area contributed by atoms with Crippen molar-refractivity contribution in [2.45, 2.75) is 32.0 Å². The van der Waals surface area contributed by atoms with Crippen LogP contribution in [-0.4, -0.2) is 25.4 Å². The molecule has 1 fully saturated rings. The molecule has 0 amide bonds. The van der Waals surface area contributed by atoms with Crippen molar-refractivity contribution in [1.82, 2.24) is 0 Å². The first kappa shape index (κ1) is 12.3. The van der Waals surface area contributed by atoms with Crippen LogP contribution in [0.15, 0.2) is 18.2 Å². The number of halogens is 1. The molecular weight excluding hydrogens is 221 g/mol. The maximum Gasteiger partial charge on any atom is 0.167 e. The Balaban J connectivity index is 1.88. The summed E-state index contributed by atoms with van der Waals surface area (Å²) >= 11 is 0. The van der Waals surface area contributed by atoms with Crippen molar-refractivity contribution in [3.63, 3.8) is 0 Å². The van der Waals surface area contributed by atoms with E-state index >= 15 is 0 Å². The zero-order valence-electron chi connectivity index (χ0n) is 9.99. The molecule has 0 spiro atoms. The SMILES string of the molecule is Cc1cccc(OCC2CCC(CN)O2)c1F. The first-order chi connectivity index (χ1) is 8.20. The highest BCUT2D eigenvalue weighted by Gasteiger charge is 2.24. The van der Waals surface area contributed by atoms with Gasteiger partial charge >= 0.3 is 0 Å². The van der Waals surface area contributed by atoms with Crippen molar-refractivity contribution in [3.05, 3.63) is 29.6 Å². The molecule has 17 heavy (non-hydrogen) atoms. The quantitative estimate of drug-likeness (QED) is 0.874. The van der Waals surface area contributed by atoms with Crippen LogP contribution in [-0.2, 0) is 4.74 Å². The number of benzene rings is 1. The van der Waals surface area contributed by atoms with E-state index < -0.39 is 0 Å². The Morgan fingerprint density at radius 2 is 2.18 bits per heavy atom. The summed E-state index contributed by atoms with van der Waals surface area (Å²) in [7, 11) is 0. The number of hydrogen-bond donors (Lipinski definition) is 1. The minimum absolute atomic E-state index is 0.0310. The summed E-state index contributed by atoms with van der Waals surface area (Å²) in [5, 5.41) is 0. The van der Waals surface area contributed by atoms with E-state index in [4.69, 9.17) is 15.2 Å². The predicted octanol–water partition coefficient (Wildman–Crippen LogP) is 2.02. The Hall–Kier alpha value is -1.13.